The highest BCUT2D eigenvalue weighted by Gasteiger charge is 2.14. The van der Waals surface area contributed by atoms with E-state index in [0.717, 1.165) is 22.6 Å². The van der Waals surface area contributed by atoms with Crippen molar-refractivity contribution in [2.75, 3.05) is 11.9 Å². The van der Waals surface area contributed by atoms with Gasteiger partial charge < -0.3 is 19.2 Å². The predicted molar refractivity (Wildman–Crippen MR) is 132 cm³/mol. The van der Waals surface area contributed by atoms with Crippen molar-refractivity contribution in [3.05, 3.63) is 106 Å². The van der Waals surface area contributed by atoms with Crippen molar-refractivity contribution >= 4 is 34.6 Å². The van der Waals surface area contributed by atoms with E-state index in [-0.39, 0.29) is 17.9 Å². The van der Waals surface area contributed by atoms with Crippen LogP contribution in [-0.2, 0) is 16.1 Å². The Balaban J connectivity index is 1.25. The fourth-order valence-electron chi connectivity index (χ4n) is 3.39. The van der Waals surface area contributed by atoms with Crippen molar-refractivity contribution in [2.45, 2.75) is 13.5 Å². The van der Waals surface area contributed by atoms with Crippen molar-refractivity contribution in [1.29, 1.82) is 0 Å². The Morgan fingerprint density at radius 1 is 0.973 bits per heavy atom. The van der Waals surface area contributed by atoms with Gasteiger partial charge in [-0.3, -0.25) is 10.1 Å². The van der Waals surface area contributed by atoms with E-state index < -0.39 is 36.0 Å². The number of para-hydroxylation sites is 1. The van der Waals surface area contributed by atoms with Crippen molar-refractivity contribution < 1.29 is 32.7 Å². The second-order valence-corrected chi connectivity index (χ2v) is 7.95. The van der Waals surface area contributed by atoms with Gasteiger partial charge in [0.05, 0.1) is 11.3 Å². The molecule has 0 fully saturated rings. The number of esters is 1. The minimum Gasteiger partial charge on any atom is -0.489 e. The van der Waals surface area contributed by atoms with Gasteiger partial charge >= 0.3 is 17.6 Å². The van der Waals surface area contributed by atoms with Crippen LogP contribution in [-0.4, -0.2) is 24.5 Å². The van der Waals surface area contributed by atoms with Crippen LogP contribution in [0.1, 0.15) is 21.5 Å². The van der Waals surface area contributed by atoms with Crippen LogP contribution in [0.3, 0.4) is 0 Å². The molecule has 9 nitrogen and oxygen atoms in total. The van der Waals surface area contributed by atoms with Crippen molar-refractivity contribution in [3.63, 3.8) is 0 Å². The molecule has 0 aliphatic carbocycles. The van der Waals surface area contributed by atoms with Gasteiger partial charge in [0, 0.05) is 17.5 Å². The van der Waals surface area contributed by atoms with Crippen molar-refractivity contribution in [3.8, 4) is 5.75 Å². The zero-order chi connectivity index (χ0) is 26.4. The first-order valence-electron chi connectivity index (χ1n) is 11.1. The molecule has 1 heterocycles. The second kappa shape index (κ2) is 11.2. The Labute approximate surface area is 209 Å². The van der Waals surface area contributed by atoms with Crippen molar-refractivity contribution in [2.24, 2.45) is 0 Å². The maximum Gasteiger partial charge on any atom is 0.338 e. The molecule has 4 aromatic rings. The van der Waals surface area contributed by atoms with Gasteiger partial charge in [-0.2, -0.15) is 0 Å². The largest absolute Gasteiger partial charge is 0.489 e. The summed E-state index contributed by atoms with van der Waals surface area (Å²) in [4.78, 5) is 47.5. The van der Waals surface area contributed by atoms with Gasteiger partial charge in [-0.1, -0.05) is 24.3 Å². The Bertz CT molecular complexity index is 1530. The number of urea groups is 1. The third-order valence-corrected chi connectivity index (χ3v) is 5.23. The van der Waals surface area contributed by atoms with Gasteiger partial charge in [0.2, 0.25) is 0 Å². The molecule has 0 atom stereocenters. The van der Waals surface area contributed by atoms with Gasteiger partial charge in [0.15, 0.2) is 6.61 Å². The van der Waals surface area contributed by atoms with E-state index in [2.05, 4.69) is 5.32 Å². The van der Waals surface area contributed by atoms with Crippen LogP contribution in [0.2, 0.25) is 0 Å². The molecule has 0 spiro atoms. The number of aryl methyl sites for hydroxylation is 1. The van der Waals surface area contributed by atoms with E-state index in [1.807, 2.05) is 18.3 Å². The molecule has 2 N–H and O–H groups in total. The molecule has 3 aromatic carbocycles. The molecule has 10 heteroatoms. The molecule has 0 bridgehead atoms. The summed E-state index contributed by atoms with van der Waals surface area (Å²) in [6.45, 7) is 1.31. The van der Waals surface area contributed by atoms with Crippen LogP contribution in [0.4, 0.5) is 14.9 Å². The number of hydrogen-bond donors (Lipinski definition) is 2. The fraction of sp³-hybridized carbons (Fsp3) is 0.111. The Morgan fingerprint density at radius 3 is 2.49 bits per heavy atom. The van der Waals surface area contributed by atoms with Crippen LogP contribution >= 0.6 is 0 Å². The number of amides is 3. The van der Waals surface area contributed by atoms with Crippen LogP contribution in [0.25, 0.3) is 11.0 Å². The molecule has 4 rings (SSSR count). The summed E-state index contributed by atoms with van der Waals surface area (Å²) in [6, 6.07) is 17.5. The minimum atomic E-state index is -0.959. The number of hydrogen-bond acceptors (Lipinski definition) is 7. The highest BCUT2D eigenvalue weighted by molar-refractivity contribution is 6.02. The lowest BCUT2D eigenvalue weighted by atomic mass is 10.1. The lowest BCUT2D eigenvalue weighted by molar-refractivity contribution is -0.123. The summed E-state index contributed by atoms with van der Waals surface area (Å²) in [5.74, 6) is -1.80. The van der Waals surface area contributed by atoms with Gasteiger partial charge in [-0.25, -0.2) is 18.8 Å². The van der Waals surface area contributed by atoms with Crippen LogP contribution in [0.5, 0.6) is 5.75 Å². The quantitative estimate of drug-likeness (QED) is 0.284. The first-order chi connectivity index (χ1) is 17.8. The zero-order valence-corrected chi connectivity index (χ0v) is 19.6. The van der Waals surface area contributed by atoms with Crippen molar-refractivity contribution in [1.82, 2.24) is 5.32 Å². The number of nitrogens with one attached hydrogen (secondary N) is 2. The van der Waals surface area contributed by atoms with E-state index in [0.29, 0.717) is 11.3 Å². The Hall–Kier alpha value is -4.99. The molecule has 3 amide bonds. The lowest BCUT2D eigenvalue weighted by Crippen LogP contribution is -2.37. The molecule has 37 heavy (non-hydrogen) atoms. The SMILES string of the molecule is Cc1cc(=O)oc2cc(OCc3ccc(C(=O)OCC(=O)NC(=O)Nc4ccccc4F)cc3)ccc12. The van der Waals surface area contributed by atoms with Gasteiger partial charge in [0.25, 0.3) is 5.91 Å². The Kier molecular flexibility index (Phi) is 7.58. The Morgan fingerprint density at radius 2 is 1.73 bits per heavy atom. The van der Waals surface area contributed by atoms with Crippen LogP contribution in [0, 0.1) is 12.7 Å². The molecule has 188 valence electrons. The number of imide groups is 1. The number of benzene rings is 3. The maximum atomic E-state index is 13.6. The maximum absolute atomic E-state index is 13.6. The summed E-state index contributed by atoms with van der Waals surface area (Å²) in [5, 5.41) is 4.95. The molecule has 0 radical (unpaired) electrons. The molecule has 0 unspecified atom stereocenters. The third kappa shape index (κ3) is 6.57. The smallest absolute Gasteiger partial charge is 0.338 e. The number of fused-ring (bicyclic) bond motifs is 1. The predicted octanol–water partition coefficient (Wildman–Crippen LogP) is 4.32. The topological polar surface area (TPSA) is 124 Å². The third-order valence-electron chi connectivity index (χ3n) is 5.23. The fourth-order valence-corrected chi connectivity index (χ4v) is 3.39. The van der Waals surface area contributed by atoms with E-state index in [1.165, 1.54) is 36.4 Å². The standard InChI is InChI=1S/C27H21FN2O7/c1-16-12-25(32)37-23-13-19(10-11-20(16)23)35-14-17-6-8-18(9-7-17)26(33)36-15-24(31)30-27(34)29-22-5-3-2-4-21(22)28/h2-13H,14-15H2,1H3,(H2,29,30,31,34). The second-order valence-electron chi connectivity index (χ2n) is 7.95. The number of carbonyl (C=O) groups excluding carboxylic acids is 3. The number of rotatable bonds is 7. The van der Waals surface area contributed by atoms with E-state index in [9.17, 15) is 23.6 Å². The molecular formula is C27H21FN2O7. The van der Waals surface area contributed by atoms with Crippen LogP contribution < -0.4 is 21.0 Å². The first-order valence-corrected chi connectivity index (χ1v) is 11.1. The average Bonchev–Trinajstić information content (AvgIpc) is 2.87. The van der Waals surface area contributed by atoms with E-state index in [1.54, 1.807) is 24.3 Å². The number of halogens is 1. The highest BCUT2D eigenvalue weighted by Crippen LogP contribution is 2.23. The first kappa shape index (κ1) is 25.1. The lowest BCUT2D eigenvalue weighted by Gasteiger charge is -2.09. The number of carbonyl (C=O) groups is 3. The minimum absolute atomic E-state index is 0.101. The van der Waals surface area contributed by atoms with E-state index >= 15 is 0 Å². The summed E-state index contributed by atoms with van der Waals surface area (Å²) < 4.78 is 29.4. The summed E-state index contributed by atoms with van der Waals surface area (Å²) in [6.07, 6.45) is 0. The van der Waals surface area contributed by atoms with Gasteiger partial charge in [-0.05, 0) is 54.4 Å². The molecule has 0 aliphatic heterocycles. The molecule has 0 aliphatic rings. The van der Waals surface area contributed by atoms with E-state index in [4.69, 9.17) is 13.9 Å². The molecule has 0 saturated heterocycles. The monoisotopic (exact) mass is 504 g/mol. The highest BCUT2D eigenvalue weighted by atomic mass is 19.1. The summed E-state index contributed by atoms with van der Waals surface area (Å²) in [7, 11) is 0. The zero-order valence-electron chi connectivity index (χ0n) is 19.6. The number of ether oxygens (including phenoxy) is 2. The van der Waals surface area contributed by atoms with Gasteiger partial charge in [-0.15, -0.1) is 0 Å². The average molecular weight is 504 g/mol. The van der Waals surface area contributed by atoms with Crippen LogP contribution in [0.15, 0.2) is 82.0 Å². The number of anilines is 1. The molecule has 0 saturated carbocycles. The van der Waals surface area contributed by atoms with Gasteiger partial charge in [0.1, 0.15) is 23.8 Å². The summed E-state index contributed by atoms with van der Waals surface area (Å²) >= 11 is 0. The molecular weight excluding hydrogens is 483 g/mol. The molecule has 1 aromatic heterocycles. The summed E-state index contributed by atoms with van der Waals surface area (Å²) in [5.41, 5.74) is 1.64. The normalized spacial score (nSPS) is 10.5.